The average Bonchev–Trinajstić information content (AvgIpc) is 4.48. The maximum atomic E-state index is 11.3. The summed E-state index contributed by atoms with van der Waals surface area (Å²) in [6.45, 7) is 11.7. The first-order valence-corrected chi connectivity index (χ1v) is 31.9. The Hall–Kier alpha value is -4.32. The van der Waals surface area contributed by atoms with Gasteiger partial charge in [0.25, 0.3) is 0 Å². The van der Waals surface area contributed by atoms with Crippen LogP contribution >= 0.6 is 90.7 Å². The molecule has 13 rings (SSSR count). The average molecular weight is 1290 g/mol. The molecule has 466 valence electrons. The number of piperidine rings is 4. The van der Waals surface area contributed by atoms with E-state index in [9.17, 15) is 9.59 Å². The van der Waals surface area contributed by atoms with Crippen LogP contribution in [-0.4, -0.2) is 96.6 Å². The van der Waals surface area contributed by atoms with E-state index in [1.54, 1.807) is 70.7 Å². The first-order chi connectivity index (χ1) is 35.8. The quantitative estimate of drug-likeness (QED) is 0.0939. The van der Waals surface area contributed by atoms with Crippen molar-refractivity contribution >= 4 is 167 Å². The predicted molar refractivity (Wildman–Crippen MR) is 383 cm³/mol. The Morgan fingerprint density at radius 1 is 0.494 bits per heavy atom. The molecule has 1 aromatic carbocycles. The number of ether oxygens (including phenoxy) is 1. The molecular formula is C62H101N9O4S8. The number of thiophene rings is 4. The summed E-state index contributed by atoms with van der Waals surface area (Å²) in [5.74, 6) is 1.02. The van der Waals surface area contributed by atoms with Crippen molar-refractivity contribution in [3.05, 3.63) is 68.0 Å². The molecule has 21 heteroatoms. The van der Waals surface area contributed by atoms with E-state index in [-0.39, 0.29) is 86.7 Å². The smallest absolute Gasteiger partial charge is 0.187 e. The van der Waals surface area contributed by atoms with Crippen molar-refractivity contribution < 1.29 is 19.4 Å². The summed E-state index contributed by atoms with van der Waals surface area (Å²) in [6.07, 6.45) is 16.5. The van der Waals surface area contributed by atoms with Crippen molar-refractivity contribution in [1.82, 2.24) is 19.9 Å². The molecule has 0 unspecified atom stereocenters. The third kappa shape index (κ3) is 20.1. The highest BCUT2D eigenvalue weighted by Crippen LogP contribution is 2.39. The van der Waals surface area contributed by atoms with Crippen LogP contribution in [-0.2, 0) is 13.2 Å². The molecule has 9 aromatic rings. The monoisotopic (exact) mass is 1290 g/mol. The largest absolute Gasteiger partial charge is 0.497 e. The number of ketones is 1. The van der Waals surface area contributed by atoms with Crippen LogP contribution < -0.4 is 29.7 Å². The molecule has 4 saturated heterocycles. The molecule has 0 atom stereocenters. The Morgan fingerprint density at radius 2 is 0.843 bits per heavy atom. The van der Waals surface area contributed by atoms with Crippen molar-refractivity contribution in [2.45, 2.75) is 171 Å². The molecule has 13 nitrogen and oxygen atoms in total. The number of nitrogens with one attached hydrogen (secondary N) is 1. The summed E-state index contributed by atoms with van der Waals surface area (Å²) < 4.78 is 10.0. The van der Waals surface area contributed by atoms with E-state index in [2.05, 4.69) is 52.0 Å². The number of carbonyl (C=O) groups is 2. The molecule has 0 saturated carbocycles. The number of fused-ring (bicyclic) bond motifs is 4. The van der Waals surface area contributed by atoms with Gasteiger partial charge in [-0.15, -0.1) is 45.3 Å². The molecule has 0 aliphatic carbocycles. The third-order valence-electron chi connectivity index (χ3n) is 13.1. The first kappa shape index (κ1) is 78.7. The summed E-state index contributed by atoms with van der Waals surface area (Å²) in [5.41, 5.74) is 1.11. The van der Waals surface area contributed by atoms with Crippen LogP contribution in [0.25, 0.3) is 38.1 Å². The molecular weight excluding hydrogens is 1190 g/mol. The Morgan fingerprint density at radius 3 is 1.18 bits per heavy atom. The van der Waals surface area contributed by atoms with Gasteiger partial charge in [0.15, 0.2) is 32.6 Å². The first-order valence-electron chi connectivity index (χ1n) is 25.3. The number of rotatable bonds is 11. The van der Waals surface area contributed by atoms with Gasteiger partial charge in [0.2, 0.25) is 0 Å². The van der Waals surface area contributed by atoms with Gasteiger partial charge in [-0.1, -0.05) is 120 Å². The molecule has 0 bridgehead atoms. The van der Waals surface area contributed by atoms with E-state index in [0.717, 1.165) is 131 Å². The van der Waals surface area contributed by atoms with Crippen LogP contribution in [0.1, 0.15) is 187 Å². The molecule has 4 aliphatic rings. The van der Waals surface area contributed by atoms with Crippen LogP contribution in [0.3, 0.4) is 0 Å². The number of aromatic nitrogens is 4. The number of hydrogen-bond donors (Lipinski definition) is 2. The van der Waals surface area contributed by atoms with Gasteiger partial charge in [-0.25, -0.2) is 19.9 Å². The number of anilines is 5. The summed E-state index contributed by atoms with van der Waals surface area (Å²) in [6, 6.07) is 16.3. The molecule has 8 aromatic heterocycles. The minimum atomic E-state index is 0. The molecule has 83 heavy (non-hydrogen) atoms. The fourth-order valence-electron chi connectivity index (χ4n) is 9.18. The van der Waals surface area contributed by atoms with E-state index in [1.807, 2.05) is 47.7 Å². The minimum absolute atomic E-state index is 0. The van der Waals surface area contributed by atoms with Gasteiger partial charge < -0.3 is 34.8 Å². The van der Waals surface area contributed by atoms with Gasteiger partial charge in [0.05, 0.1) is 42.3 Å². The second kappa shape index (κ2) is 38.0. The van der Waals surface area contributed by atoms with E-state index in [0.29, 0.717) is 0 Å². The molecule has 2 N–H and O–H groups in total. The highest BCUT2D eigenvalue weighted by molar-refractivity contribution is 7.31. The number of aldehydes is 1. The minimum Gasteiger partial charge on any atom is -0.497 e. The van der Waals surface area contributed by atoms with E-state index in [1.165, 1.54) is 124 Å². The Labute approximate surface area is 531 Å². The van der Waals surface area contributed by atoms with Gasteiger partial charge >= 0.3 is 0 Å². The molecule has 0 radical (unpaired) electrons. The summed E-state index contributed by atoms with van der Waals surface area (Å²) in [7, 11) is 1.69. The van der Waals surface area contributed by atoms with E-state index >= 15 is 0 Å². The third-order valence-corrected chi connectivity index (χ3v) is 22.0. The molecule has 0 amide bonds. The van der Waals surface area contributed by atoms with Crippen LogP contribution in [0.5, 0.6) is 5.75 Å². The van der Waals surface area contributed by atoms with E-state index < -0.39 is 0 Å². The van der Waals surface area contributed by atoms with Crippen molar-refractivity contribution in [2.24, 2.45) is 0 Å². The van der Waals surface area contributed by atoms with Crippen molar-refractivity contribution in [3.63, 3.8) is 0 Å². The van der Waals surface area contributed by atoms with Gasteiger partial charge in [-0.2, -0.15) is 0 Å². The number of carbonyl (C=O) groups excluding carboxylic acids is 2. The van der Waals surface area contributed by atoms with Gasteiger partial charge in [-0.3, -0.25) is 9.59 Å². The Bertz CT molecular complexity index is 3070. The lowest BCUT2D eigenvalue weighted by atomic mass is 10.1. The Balaban J connectivity index is 0.00000105. The number of aliphatic hydroxyl groups excluding tert-OH is 1. The molecule has 4 fully saturated rings. The zero-order valence-electron chi connectivity index (χ0n) is 41.3. The van der Waals surface area contributed by atoms with Crippen LogP contribution in [0, 0.1) is 0 Å². The van der Waals surface area contributed by atoms with Gasteiger partial charge in [0, 0.05) is 74.3 Å². The highest BCUT2D eigenvalue weighted by Gasteiger charge is 2.21. The summed E-state index contributed by atoms with van der Waals surface area (Å²) in [4.78, 5) is 58.5. The number of methoxy groups -OCH3 is 1. The predicted octanol–water partition coefficient (Wildman–Crippen LogP) is 20.9. The second-order valence-electron chi connectivity index (χ2n) is 18.5. The maximum Gasteiger partial charge on any atom is 0.187 e. The number of hydrogen-bond acceptors (Lipinski definition) is 21. The van der Waals surface area contributed by atoms with Crippen LogP contribution in [0.2, 0.25) is 0 Å². The summed E-state index contributed by atoms with van der Waals surface area (Å²) in [5, 5.41) is 17.1. The van der Waals surface area contributed by atoms with Crippen molar-refractivity contribution in [2.75, 3.05) is 84.4 Å². The summed E-state index contributed by atoms with van der Waals surface area (Å²) >= 11 is 13.4. The number of nitrogens with zero attached hydrogens (tertiary/aromatic N) is 8. The standard InChI is InChI=1S/C18H21N3OS2.C12H14N2OS2.C11H14N2OS2.C11H12N2OS2.10CH4/c1-22-14-7-5-13(6-8-14)19-12-15-11-16-17(23-15)20-18(24-16)21-9-3-2-4-10-21;1-8(15)9-7-10-11(16-9)13-12(17-10)14-5-3-2-4-6-14;2*14-7-8-6-9-10(15-8)12-11(16-9)13-4-2-1-3-5-13;;;;;;;;;;/h5-8,11,19H,2-4,9-10,12H2,1H3;7H,2-6H2,1H3;6,14H,1-5,7H2;6-7H,1-5H2;10*1H4. The molecule has 12 heterocycles. The second-order valence-corrected chi connectivity index (χ2v) is 26.8. The molecule has 4 aliphatic heterocycles. The van der Waals surface area contributed by atoms with Crippen LogP contribution in [0.15, 0.2) is 48.5 Å². The fraction of sp³-hybridized carbons (Fsp3) is 0.548. The van der Waals surface area contributed by atoms with E-state index in [4.69, 9.17) is 14.8 Å². The zero-order chi connectivity index (χ0) is 50.1. The number of benzene rings is 1. The van der Waals surface area contributed by atoms with Gasteiger partial charge in [0.1, 0.15) is 25.1 Å². The number of aliphatic hydroxyl groups is 1. The fourth-order valence-corrected chi connectivity index (χ4v) is 17.8. The normalized spacial score (nSPS) is 14.3. The SMILES string of the molecule is C.C.C.C.C.C.C.C.C.C.CC(=O)c1cc2sc(N3CCCCC3)nc2s1.COc1ccc(NCc2cc3sc(N4CCCCC4)nc3s2)cc1.O=Cc1cc2sc(N3CCCCC3)nc2s1.OCc1cc2sc(N3CCCCC3)nc2s1. The maximum absolute atomic E-state index is 11.3. The van der Waals surface area contributed by atoms with Crippen molar-refractivity contribution in [1.29, 1.82) is 0 Å². The topological polar surface area (TPSA) is 140 Å². The van der Waals surface area contributed by atoms with Gasteiger partial charge in [-0.05, 0) is 133 Å². The Kier molecular flexibility index (Phi) is 36.0. The number of thiazole rings is 4. The molecule has 0 spiro atoms. The lowest BCUT2D eigenvalue weighted by Crippen LogP contribution is -2.29. The number of Topliss-reactive ketones (excluding diaryl/α,β-unsaturated/α-hetero) is 1. The zero-order valence-corrected chi connectivity index (χ0v) is 47.8. The lowest BCUT2D eigenvalue weighted by Gasteiger charge is -2.25. The van der Waals surface area contributed by atoms with Crippen LogP contribution in [0.4, 0.5) is 26.2 Å². The lowest BCUT2D eigenvalue weighted by molar-refractivity contribution is 0.102. The highest BCUT2D eigenvalue weighted by atomic mass is 32.1. The van der Waals surface area contributed by atoms with Crippen molar-refractivity contribution in [3.8, 4) is 5.75 Å².